The molecule has 2 aromatic rings. The van der Waals surface area contributed by atoms with Crippen molar-refractivity contribution in [1.29, 1.82) is 0 Å². The highest BCUT2D eigenvalue weighted by Gasteiger charge is 2.00. The standard InChI is InChI=1S/C12H11NOS/c1-9(13-14)10-4-6-11(7-5-10)12-3-2-8-15-12/h2-8,14H,1H3/b13-9+. The molecule has 0 spiro atoms. The van der Waals surface area contributed by atoms with Gasteiger partial charge in [-0.15, -0.1) is 11.3 Å². The van der Waals surface area contributed by atoms with Crippen LogP contribution in [0.2, 0.25) is 0 Å². The molecule has 0 radical (unpaired) electrons. The van der Waals surface area contributed by atoms with E-state index in [4.69, 9.17) is 5.21 Å². The Morgan fingerprint density at radius 1 is 1.20 bits per heavy atom. The van der Waals surface area contributed by atoms with E-state index in [0.717, 1.165) is 5.56 Å². The molecule has 0 unspecified atom stereocenters. The fourth-order valence-electron chi connectivity index (χ4n) is 1.38. The molecule has 0 saturated heterocycles. The summed E-state index contributed by atoms with van der Waals surface area (Å²) in [6, 6.07) is 12.1. The number of rotatable bonds is 2. The Morgan fingerprint density at radius 2 is 1.93 bits per heavy atom. The first kappa shape index (κ1) is 9.93. The van der Waals surface area contributed by atoms with Crippen LogP contribution in [0.1, 0.15) is 12.5 Å². The summed E-state index contributed by atoms with van der Waals surface area (Å²) in [7, 11) is 0. The molecule has 2 rings (SSSR count). The van der Waals surface area contributed by atoms with E-state index in [-0.39, 0.29) is 0 Å². The van der Waals surface area contributed by atoms with Gasteiger partial charge < -0.3 is 5.21 Å². The smallest absolute Gasteiger partial charge is 0.0836 e. The summed E-state index contributed by atoms with van der Waals surface area (Å²) in [5.41, 5.74) is 2.77. The van der Waals surface area contributed by atoms with Crippen LogP contribution in [0.25, 0.3) is 10.4 Å². The summed E-state index contributed by atoms with van der Waals surface area (Å²) in [4.78, 5) is 1.25. The summed E-state index contributed by atoms with van der Waals surface area (Å²) in [6.45, 7) is 1.78. The average molecular weight is 217 g/mol. The molecule has 0 aliphatic rings. The van der Waals surface area contributed by atoms with Crippen molar-refractivity contribution in [2.75, 3.05) is 0 Å². The average Bonchev–Trinajstić information content (AvgIpc) is 2.82. The van der Waals surface area contributed by atoms with E-state index < -0.39 is 0 Å². The van der Waals surface area contributed by atoms with Gasteiger partial charge in [-0.3, -0.25) is 0 Å². The molecular weight excluding hydrogens is 206 g/mol. The molecule has 3 heteroatoms. The Hall–Kier alpha value is -1.61. The third-order valence-corrected chi connectivity index (χ3v) is 3.18. The Kier molecular flexibility index (Phi) is 2.83. The van der Waals surface area contributed by atoms with Gasteiger partial charge in [0, 0.05) is 4.88 Å². The van der Waals surface area contributed by atoms with Gasteiger partial charge in [0.15, 0.2) is 0 Å². The molecule has 0 fully saturated rings. The molecule has 0 saturated carbocycles. The number of oxime groups is 1. The lowest BCUT2D eigenvalue weighted by Gasteiger charge is -2.00. The second-order valence-corrected chi connectivity index (χ2v) is 4.19. The Bertz CT molecular complexity index is 457. The number of nitrogens with zero attached hydrogens (tertiary/aromatic N) is 1. The van der Waals surface area contributed by atoms with E-state index in [2.05, 4.69) is 16.6 Å². The normalized spacial score (nSPS) is 11.7. The van der Waals surface area contributed by atoms with Crippen molar-refractivity contribution in [2.45, 2.75) is 6.92 Å². The van der Waals surface area contributed by atoms with Crippen molar-refractivity contribution in [1.82, 2.24) is 0 Å². The maximum atomic E-state index is 8.63. The fourth-order valence-corrected chi connectivity index (χ4v) is 2.11. The van der Waals surface area contributed by atoms with Gasteiger partial charge >= 0.3 is 0 Å². The predicted molar refractivity (Wildman–Crippen MR) is 63.8 cm³/mol. The highest BCUT2D eigenvalue weighted by molar-refractivity contribution is 7.13. The van der Waals surface area contributed by atoms with Crippen LogP contribution in [-0.4, -0.2) is 10.9 Å². The molecule has 1 N–H and O–H groups in total. The van der Waals surface area contributed by atoms with E-state index in [0.29, 0.717) is 5.71 Å². The Balaban J connectivity index is 2.33. The molecule has 0 bridgehead atoms. The van der Waals surface area contributed by atoms with Gasteiger partial charge in [-0.2, -0.15) is 0 Å². The zero-order valence-corrected chi connectivity index (χ0v) is 9.16. The summed E-state index contributed by atoms with van der Waals surface area (Å²) in [5.74, 6) is 0. The van der Waals surface area contributed by atoms with E-state index in [9.17, 15) is 0 Å². The van der Waals surface area contributed by atoms with Crippen molar-refractivity contribution in [3.63, 3.8) is 0 Å². The molecule has 0 amide bonds. The topological polar surface area (TPSA) is 32.6 Å². The highest BCUT2D eigenvalue weighted by atomic mass is 32.1. The van der Waals surface area contributed by atoms with Crippen LogP contribution < -0.4 is 0 Å². The van der Waals surface area contributed by atoms with Crippen LogP contribution in [0.5, 0.6) is 0 Å². The van der Waals surface area contributed by atoms with E-state index in [1.165, 1.54) is 10.4 Å². The molecule has 1 aromatic heterocycles. The lowest BCUT2D eigenvalue weighted by molar-refractivity contribution is 0.319. The highest BCUT2D eigenvalue weighted by Crippen LogP contribution is 2.24. The largest absolute Gasteiger partial charge is 0.411 e. The van der Waals surface area contributed by atoms with E-state index in [1.807, 2.05) is 30.3 Å². The molecule has 0 aliphatic heterocycles. The fraction of sp³-hybridized carbons (Fsp3) is 0.0833. The second-order valence-electron chi connectivity index (χ2n) is 3.24. The molecule has 76 valence electrons. The van der Waals surface area contributed by atoms with Gasteiger partial charge in [-0.25, -0.2) is 0 Å². The number of hydrogen-bond acceptors (Lipinski definition) is 3. The SMILES string of the molecule is C/C(=N\O)c1ccc(-c2cccs2)cc1. The van der Waals surface area contributed by atoms with Gasteiger partial charge in [-0.05, 0) is 29.5 Å². The van der Waals surface area contributed by atoms with E-state index in [1.54, 1.807) is 18.3 Å². The summed E-state index contributed by atoms with van der Waals surface area (Å²) < 4.78 is 0. The van der Waals surface area contributed by atoms with E-state index >= 15 is 0 Å². The lowest BCUT2D eigenvalue weighted by Crippen LogP contribution is -1.93. The third kappa shape index (κ3) is 2.07. The Labute approximate surface area is 92.5 Å². The monoisotopic (exact) mass is 217 g/mol. The second kappa shape index (κ2) is 4.28. The quantitative estimate of drug-likeness (QED) is 0.465. The van der Waals surface area contributed by atoms with Crippen LogP contribution in [0.3, 0.4) is 0 Å². The van der Waals surface area contributed by atoms with Crippen LogP contribution in [0.4, 0.5) is 0 Å². The molecule has 2 nitrogen and oxygen atoms in total. The van der Waals surface area contributed by atoms with Gasteiger partial charge in [0.25, 0.3) is 0 Å². The van der Waals surface area contributed by atoms with Crippen molar-refractivity contribution in [3.8, 4) is 10.4 Å². The van der Waals surface area contributed by atoms with Crippen molar-refractivity contribution >= 4 is 17.0 Å². The van der Waals surface area contributed by atoms with Gasteiger partial charge in [-0.1, -0.05) is 35.5 Å². The minimum atomic E-state index is 0.632. The third-order valence-electron chi connectivity index (χ3n) is 2.26. The molecule has 1 heterocycles. The molecule has 1 aromatic carbocycles. The minimum absolute atomic E-state index is 0.632. The van der Waals surface area contributed by atoms with Crippen molar-refractivity contribution in [3.05, 3.63) is 47.3 Å². The minimum Gasteiger partial charge on any atom is -0.411 e. The molecular formula is C12H11NOS. The van der Waals surface area contributed by atoms with Crippen LogP contribution in [0.15, 0.2) is 46.9 Å². The van der Waals surface area contributed by atoms with Crippen LogP contribution in [0, 0.1) is 0 Å². The van der Waals surface area contributed by atoms with Gasteiger partial charge in [0.2, 0.25) is 0 Å². The number of benzene rings is 1. The molecule has 15 heavy (non-hydrogen) atoms. The Morgan fingerprint density at radius 3 is 2.47 bits per heavy atom. The molecule has 0 aliphatic carbocycles. The summed E-state index contributed by atoms with van der Waals surface area (Å²) in [6.07, 6.45) is 0. The maximum absolute atomic E-state index is 8.63. The van der Waals surface area contributed by atoms with Crippen molar-refractivity contribution < 1.29 is 5.21 Å². The van der Waals surface area contributed by atoms with Crippen LogP contribution >= 0.6 is 11.3 Å². The van der Waals surface area contributed by atoms with Gasteiger partial charge in [0.1, 0.15) is 0 Å². The lowest BCUT2D eigenvalue weighted by atomic mass is 10.1. The summed E-state index contributed by atoms with van der Waals surface area (Å²) >= 11 is 1.72. The zero-order valence-electron chi connectivity index (χ0n) is 8.34. The number of thiophene rings is 1. The predicted octanol–water partition coefficient (Wildman–Crippen LogP) is 3.61. The first-order valence-electron chi connectivity index (χ1n) is 4.64. The van der Waals surface area contributed by atoms with Crippen molar-refractivity contribution in [2.24, 2.45) is 5.16 Å². The first-order valence-corrected chi connectivity index (χ1v) is 5.52. The van der Waals surface area contributed by atoms with Crippen LogP contribution in [-0.2, 0) is 0 Å². The molecule has 0 atom stereocenters. The number of hydrogen-bond donors (Lipinski definition) is 1. The summed E-state index contributed by atoms with van der Waals surface area (Å²) in [5, 5.41) is 13.9. The maximum Gasteiger partial charge on any atom is 0.0836 e. The zero-order chi connectivity index (χ0) is 10.7. The van der Waals surface area contributed by atoms with Gasteiger partial charge in [0.05, 0.1) is 5.71 Å². The first-order chi connectivity index (χ1) is 7.31.